The summed E-state index contributed by atoms with van der Waals surface area (Å²) in [6, 6.07) is 16.7. The average Bonchev–Trinajstić information content (AvgIpc) is 3.19. The van der Waals surface area contributed by atoms with Crippen LogP contribution in [-0.4, -0.2) is 43.6 Å². The maximum absolute atomic E-state index is 12.1. The predicted molar refractivity (Wildman–Crippen MR) is 116 cm³/mol. The molecule has 0 bridgehead atoms. The number of ether oxygens (including phenoxy) is 3. The first-order chi connectivity index (χ1) is 14.9. The van der Waals surface area contributed by atoms with E-state index in [-0.39, 0.29) is 30.9 Å². The van der Waals surface area contributed by atoms with Crippen LogP contribution >= 0.6 is 0 Å². The second kappa shape index (κ2) is 10.7. The Kier molecular flexibility index (Phi) is 7.75. The van der Waals surface area contributed by atoms with Crippen LogP contribution in [0.3, 0.4) is 0 Å². The van der Waals surface area contributed by atoms with E-state index in [0.717, 1.165) is 11.1 Å². The standard InChI is InChI=1S/C23H27N3O5/c1-17(19-6-4-3-5-7-19)25-22(28)16-29-20-10-8-18(9-11-20)15-24-26-21(27)14-23(2)30-12-13-31-23/h3-11,15,17H,12-14,16H2,1-2H3,(H,25,28)(H,26,27)/b24-15-/t17-/m1/s1. The highest BCUT2D eigenvalue weighted by Gasteiger charge is 2.33. The molecule has 1 saturated heterocycles. The van der Waals surface area contributed by atoms with Gasteiger partial charge in [0, 0.05) is 0 Å². The SMILES string of the molecule is C[C@@H](NC(=O)COc1ccc(/C=N\NC(=O)CC2(C)OCCO2)cc1)c1ccccc1. The van der Waals surface area contributed by atoms with Crippen LogP contribution in [0.5, 0.6) is 5.75 Å². The topological polar surface area (TPSA) is 98.2 Å². The van der Waals surface area contributed by atoms with Gasteiger partial charge < -0.3 is 19.5 Å². The highest BCUT2D eigenvalue weighted by molar-refractivity contribution is 5.83. The molecule has 0 aliphatic carbocycles. The number of rotatable bonds is 9. The van der Waals surface area contributed by atoms with Crippen LogP contribution in [0.1, 0.15) is 37.4 Å². The summed E-state index contributed by atoms with van der Waals surface area (Å²) in [5.74, 6) is -0.818. The Balaban J connectivity index is 1.40. The van der Waals surface area contributed by atoms with Crippen LogP contribution < -0.4 is 15.5 Å². The molecule has 2 aromatic rings. The van der Waals surface area contributed by atoms with Crippen molar-refractivity contribution in [2.45, 2.75) is 32.1 Å². The Morgan fingerprint density at radius 2 is 1.77 bits per heavy atom. The molecule has 0 saturated carbocycles. The van der Waals surface area contributed by atoms with Crippen LogP contribution in [-0.2, 0) is 19.1 Å². The largest absolute Gasteiger partial charge is 0.484 e. The molecular weight excluding hydrogens is 398 g/mol. The van der Waals surface area contributed by atoms with Crippen molar-refractivity contribution < 1.29 is 23.8 Å². The Bertz CT molecular complexity index is 893. The van der Waals surface area contributed by atoms with Gasteiger partial charge in [0.2, 0.25) is 5.91 Å². The van der Waals surface area contributed by atoms with E-state index in [1.54, 1.807) is 31.2 Å². The zero-order chi connectivity index (χ0) is 22.1. The fourth-order valence-corrected chi connectivity index (χ4v) is 3.08. The summed E-state index contributed by atoms with van der Waals surface area (Å²) in [5, 5.41) is 6.84. The third-order valence-corrected chi connectivity index (χ3v) is 4.71. The van der Waals surface area contributed by atoms with Crippen molar-refractivity contribution in [3.63, 3.8) is 0 Å². The van der Waals surface area contributed by atoms with Gasteiger partial charge in [-0.2, -0.15) is 5.10 Å². The lowest BCUT2D eigenvalue weighted by Crippen LogP contribution is -2.33. The van der Waals surface area contributed by atoms with E-state index in [1.807, 2.05) is 37.3 Å². The maximum Gasteiger partial charge on any atom is 0.258 e. The molecule has 1 atom stereocenters. The Morgan fingerprint density at radius 1 is 1.10 bits per heavy atom. The Labute approximate surface area is 181 Å². The molecule has 1 heterocycles. The molecule has 2 aromatic carbocycles. The molecule has 2 amide bonds. The predicted octanol–water partition coefficient (Wildman–Crippen LogP) is 2.55. The van der Waals surface area contributed by atoms with E-state index in [0.29, 0.717) is 19.0 Å². The van der Waals surface area contributed by atoms with Crippen molar-refractivity contribution in [1.29, 1.82) is 0 Å². The molecule has 3 rings (SSSR count). The normalized spacial score (nSPS) is 16.1. The van der Waals surface area contributed by atoms with Crippen molar-refractivity contribution in [3.05, 3.63) is 65.7 Å². The van der Waals surface area contributed by atoms with Gasteiger partial charge in [-0.1, -0.05) is 30.3 Å². The zero-order valence-electron chi connectivity index (χ0n) is 17.7. The van der Waals surface area contributed by atoms with Gasteiger partial charge in [0.25, 0.3) is 5.91 Å². The van der Waals surface area contributed by atoms with Crippen LogP contribution in [0.15, 0.2) is 59.7 Å². The fourth-order valence-electron chi connectivity index (χ4n) is 3.08. The molecule has 1 aliphatic heterocycles. The highest BCUT2D eigenvalue weighted by Crippen LogP contribution is 2.22. The van der Waals surface area contributed by atoms with Crippen molar-refractivity contribution >= 4 is 18.0 Å². The first-order valence-corrected chi connectivity index (χ1v) is 10.1. The number of carbonyl (C=O) groups excluding carboxylic acids is 2. The second-order valence-electron chi connectivity index (χ2n) is 7.36. The van der Waals surface area contributed by atoms with Crippen LogP contribution in [0.25, 0.3) is 0 Å². The second-order valence-corrected chi connectivity index (χ2v) is 7.36. The number of nitrogens with zero attached hydrogens (tertiary/aromatic N) is 1. The zero-order valence-corrected chi connectivity index (χ0v) is 17.7. The van der Waals surface area contributed by atoms with Gasteiger partial charge in [-0.15, -0.1) is 0 Å². The van der Waals surface area contributed by atoms with Gasteiger partial charge in [0.15, 0.2) is 12.4 Å². The number of carbonyl (C=O) groups is 2. The van der Waals surface area contributed by atoms with E-state index in [4.69, 9.17) is 14.2 Å². The molecule has 1 fully saturated rings. The number of amides is 2. The van der Waals surface area contributed by atoms with Gasteiger partial charge in [0.1, 0.15) is 5.75 Å². The molecule has 164 valence electrons. The van der Waals surface area contributed by atoms with Gasteiger partial charge in [-0.25, -0.2) is 5.43 Å². The minimum atomic E-state index is -0.885. The summed E-state index contributed by atoms with van der Waals surface area (Å²) in [7, 11) is 0. The lowest BCUT2D eigenvalue weighted by Gasteiger charge is -2.20. The molecule has 8 heteroatoms. The molecule has 0 unspecified atom stereocenters. The summed E-state index contributed by atoms with van der Waals surface area (Å²) < 4.78 is 16.3. The summed E-state index contributed by atoms with van der Waals surface area (Å²) in [6.45, 7) is 4.53. The monoisotopic (exact) mass is 425 g/mol. The summed E-state index contributed by atoms with van der Waals surface area (Å²) in [6.07, 6.45) is 1.59. The number of nitrogens with one attached hydrogen (secondary N) is 2. The molecule has 31 heavy (non-hydrogen) atoms. The van der Waals surface area contributed by atoms with E-state index in [9.17, 15) is 9.59 Å². The molecule has 8 nitrogen and oxygen atoms in total. The van der Waals surface area contributed by atoms with Crippen molar-refractivity contribution in [3.8, 4) is 5.75 Å². The first-order valence-electron chi connectivity index (χ1n) is 10.1. The van der Waals surface area contributed by atoms with E-state index in [1.165, 1.54) is 6.21 Å². The Hall–Kier alpha value is -3.23. The fraction of sp³-hybridized carbons (Fsp3) is 0.348. The third-order valence-electron chi connectivity index (χ3n) is 4.71. The van der Waals surface area contributed by atoms with E-state index >= 15 is 0 Å². The first kappa shape index (κ1) is 22.5. The highest BCUT2D eigenvalue weighted by atomic mass is 16.7. The van der Waals surface area contributed by atoms with E-state index < -0.39 is 5.79 Å². The number of hydrogen-bond donors (Lipinski definition) is 2. The van der Waals surface area contributed by atoms with Gasteiger partial charge in [-0.3, -0.25) is 9.59 Å². The van der Waals surface area contributed by atoms with Crippen molar-refractivity contribution in [1.82, 2.24) is 10.7 Å². The lowest BCUT2D eigenvalue weighted by atomic mass is 10.1. The lowest BCUT2D eigenvalue weighted by molar-refractivity contribution is -0.159. The minimum Gasteiger partial charge on any atom is -0.484 e. The summed E-state index contributed by atoms with van der Waals surface area (Å²) in [5.41, 5.74) is 4.26. The number of hydrogen-bond acceptors (Lipinski definition) is 6. The van der Waals surface area contributed by atoms with Gasteiger partial charge >= 0.3 is 0 Å². The van der Waals surface area contributed by atoms with Crippen LogP contribution in [0.2, 0.25) is 0 Å². The number of hydrazone groups is 1. The quantitative estimate of drug-likeness (QED) is 0.475. The van der Waals surface area contributed by atoms with Gasteiger partial charge in [-0.05, 0) is 49.2 Å². The van der Waals surface area contributed by atoms with Crippen LogP contribution in [0.4, 0.5) is 0 Å². The summed E-state index contributed by atoms with van der Waals surface area (Å²) in [4.78, 5) is 24.0. The summed E-state index contributed by atoms with van der Waals surface area (Å²) >= 11 is 0. The van der Waals surface area contributed by atoms with Gasteiger partial charge in [0.05, 0.1) is 31.9 Å². The third kappa shape index (κ3) is 7.20. The smallest absolute Gasteiger partial charge is 0.258 e. The molecule has 0 spiro atoms. The molecule has 0 radical (unpaired) electrons. The van der Waals surface area contributed by atoms with Crippen LogP contribution in [0, 0.1) is 0 Å². The van der Waals surface area contributed by atoms with Crippen molar-refractivity contribution in [2.24, 2.45) is 5.10 Å². The molecule has 0 aromatic heterocycles. The van der Waals surface area contributed by atoms with Crippen molar-refractivity contribution in [2.75, 3.05) is 19.8 Å². The average molecular weight is 425 g/mol. The Morgan fingerprint density at radius 3 is 2.45 bits per heavy atom. The minimum absolute atomic E-state index is 0.0715. The molecule has 1 aliphatic rings. The number of benzene rings is 2. The van der Waals surface area contributed by atoms with E-state index in [2.05, 4.69) is 15.8 Å². The maximum atomic E-state index is 12.1. The molecule has 2 N–H and O–H groups in total. The molecular formula is C23H27N3O5.